The molecule has 1 N–H and O–H groups in total. The number of halogens is 1. The predicted octanol–water partition coefficient (Wildman–Crippen LogP) is 3.84. The number of rotatable bonds is 6. The Morgan fingerprint density at radius 1 is 1.11 bits per heavy atom. The van der Waals surface area contributed by atoms with Gasteiger partial charge in [-0.1, -0.05) is 29.8 Å². The molecular weight excluding hydrogens is 368 g/mol. The number of urea groups is 1. The van der Waals surface area contributed by atoms with Crippen LogP contribution < -0.4 is 14.8 Å². The van der Waals surface area contributed by atoms with Crippen LogP contribution in [0.25, 0.3) is 6.08 Å². The van der Waals surface area contributed by atoms with E-state index in [0.717, 1.165) is 10.5 Å². The van der Waals surface area contributed by atoms with E-state index >= 15 is 0 Å². The van der Waals surface area contributed by atoms with Crippen molar-refractivity contribution in [1.29, 1.82) is 0 Å². The summed E-state index contributed by atoms with van der Waals surface area (Å²) in [5.41, 5.74) is 1.93. The van der Waals surface area contributed by atoms with E-state index in [9.17, 15) is 9.59 Å². The molecule has 2 aromatic rings. The van der Waals surface area contributed by atoms with Crippen molar-refractivity contribution in [3.8, 4) is 11.5 Å². The van der Waals surface area contributed by atoms with Crippen LogP contribution >= 0.6 is 11.6 Å². The second-order valence-corrected chi connectivity index (χ2v) is 6.30. The van der Waals surface area contributed by atoms with Gasteiger partial charge in [0.05, 0.1) is 7.11 Å². The number of ether oxygens (including phenoxy) is 2. The Morgan fingerprint density at radius 3 is 2.48 bits per heavy atom. The summed E-state index contributed by atoms with van der Waals surface area (Å²) in [6.45, 7) is 2.44. The van der Waals surface area contributed by atoms with Gasteiger partial charge in [-0.05, 0) is 48.4 Å². The van der Waals surface area contributed by atoms with Gasteiger partial charge in [-0.3, -0.25) is 9.69 Å². The number of imide groups is 1. The highest BCUT2D eigenvalue weighted by Crippen LogP contribution is 2.30. The van der Waals surface area contributed by atoms with Crippen LogP contribution in [0.4, 0.5) is 4.79 Å². The molecule has 140 valence electrons. The lowest BCUT2D eigenvalue weighted by atomic mass is 10.1. The van der Waals surface area contributed by atoms with E-state index in [2.05, 4.69) is 5.32 Å². The van der Waals surface area contributed by atoms with Crippen LogP contribution in [-0.2, 0) is 11.4 Å². The van der Waals surface area contributed by atoms with Gasteiger partial charge in [0.1, 0.15) is 12.3 Å². The predicted molar refractivity (Wildman–Crippen MR) is 103 cm³/mol. The molecule has 1 aliphatic heterocycles. The van der Waals surface area contributed by atoms with E-state index in [-0.39, 0.29) is 11.6 Å². The monoisotopic (exact) mass is 386 g/mol. The summed E-state index contributed by atoms with van der Waals surface area (Å²) >= 11 is 5.88. The minimum absolute atomic E-state index is 0.235. The van der Waals surface area contributed by atoms with Gasteiger partial charge in [0, 0.05) is 11.6 Å². The Kier molecular flexibility index (Phi) is 5.66. The molecule has 0 saturated carbocycles. The number of hydrogen-bond acceptors (Lipinski definition) is 4. The van der Waals surface area contributed by atoms with Crippen molar-refractivity contribution in [3.63, 3.8) is 0 Å². The second-order valence-electron chi connectivity index (χ2n) is 5.86. The zero-order valence-electron chi connectivity index (χ0n) is 15.0. The van der Waals surface area contributed by atoms with Crippen LogP contribution in [0, 0.1) is 0 Å². The number of nitrogens with one attached hydrogen (secondary N) is 1. The quantitative estimate of drug-likeness (QED) is 0.605. The maximum Gasteiger partial charge on any atom is 0.328 e. The van der Waals surface area contributed by atoms with Crippen LogP contribution in [0.5, 0.6) is 11.5 Å². The largest absolute Gasteiger partial charge is 0.493 e. The first-order valence-electron chi connectivity index (χ1n) is 8.41. The van der Waals surface area contributed by atoms with E-state index < -0.39 is 6.03 Å². The Morgan fingerprint density at radius 2 is 1.85 bits per heavy atom. The van der Waals surface area contributed by atoms with Crippen molar-refractivity contribution in [2.75, 3.05) is 13.7 Å². The molecule has 1 fully saturated rings. The first-order valence-corrected chi connectivity index (χ1v) is 8.79. The Balaban J connectivity index is 1.76. The summed E-state index contributed by atoms with van der Waals surface area (Å²) in [6, 6.07) is 12.3. The zero-order valence-corrected chi connectivity index (χ0v) is 15.7. The molecule has 0 spiro atoms. The summed E-state index contributed by atoms with van der Waals surface area (Å²) in [5.74, 6) is 0.763. The van der Waals surface area contributed by atoms with E-state index in [0.29, 0.717) is 35.2 Å². The molecule has 0 atom stereocenters. The maximum absolute atomic E-state index is 12.2. The molecule has 0 aromatic heterocycles. The van der Waals surface area contributed by atoms with Gasteiger partial charge in [-0.25, -0.2) is 4.79 Å². The van der Waals surface area contributed by atoms with Crippen molar-refractivity contribution >= 4 is 29.6 Å². The minimum atomic E-state index is -0.413. The van der Waals surface area contributed by atoms with Crippen molar-refractivity contribution in [3.05, 3.63) is 64.3 Å². The fraction of sp³-hybridized carbons (Fsp3) is 0.200. The Bertz CT molecular complexity index is 893. The summed E-state index contributed by atoms with van der Waals surface area (Å²) in [4.78, 5) is 25.0. The number of benzene rings is 2. The lowest BCUT2D eigenvalue weighted by Gasteiger charge is -2.11. The van der Waals surface area contributed by atoms with Crippen molar-refractivity contribution in [2.24, 2.45) is 0 Å². The third-order valence-electron chi connectivity index (χ3n) is 4.08. The number of likely N-dealkylation sites (N-methyl/N-ethyl adjacent to an activating group) is 1. The minimum Gasteiger partial charge on any atom is -0.493 e. The maximum atomic E-state index is 12.2. The average Bonchev–Trinajstić information content (AvgIpc) is 2.94. The molecular formula is C20H19ClN2O4. The number of nitrogens with zero attached hydrogens (tertiary/aromatic N) is 1. The fourth-order valence-corrected chi connectivity index (χ4v) is 2.79. The Hall–Kier alpha value is -2.99. The number of carbonyl (C=O) groups is 2. The standard InChI is InChI=1S/C20H19ClN2O4/c1-3-23-19(24)16(22-20(23)25)10-14-6-9-17(18(11-14)26-2)27-12-13-4-7-15(21)8-5-13/h4-11H,3,12H2,1-2H3,(H,22,25)/b16-10+. The van der Waals surface area contributed by atoms with Gasteiger partial charge in [-0.15, -0.1) is 0 Å². The normalized spacial score (nSPS) is 15.2. The number of carbonyl (C=O) groups excluding carboxylic acids is 2. The molecule has 2 aromatic carbocycles. The van der Waals surface area contributed by atoms with E-state index in [1.807, 2.05) is 12.1 Å². The molecule has 27 heavy (non-hydrogen) atoms. The number of amides is 3. The van der Waals surface area contributed by atoms with Crippen molar-refractivity contribution in [2.45, 2.75) is 13.5 Å². The molecule has 1 saturated heterocycles. The van der Waals surface area contributed by atoms with Crippen molar-refractivity contribution < 1.29 is 19.1 Å². The van der Waals surface area contributed by atoms with Gasteiger partial charge in [-0.2, -0.15) is 0 Å². The van der Waals surface area contributed by atoms with Crippen LogP contribution in [0.2, 0.25) is 5.02 Å². The highest BCUT2D eigenvalue weighted by atomic mass is 35.5. The van der Waals surface area contributed by atoms with Gasteiger partial charge >= 0.3 is 6.03 Å². The summed E-state index contributed by atoms with van der Waals surface area (Å²) in [5, 5.41) is 3.24. The van der Waals surface area contributed by atoms with Gasteiger partial charge < -0.3 is 14.8 Å². The van der Waals surface area contributed by atoms with E-state index in [1.54, 1.807) is 50.4 Å². The van der Waals surface area contributed by atoms with Crippen LogP contribution in [-0.4, -0.2) is 30.5 Å². The highest BCUT2D eigenvalue weighted by molar-refractivity contribution is 6.30. The molecule has 0 radical (unpaired) electrons. The summed E-state index contributed by atoms with van der Waals surface area (Å²) in [6.07, 6.45) is 1.61. The summed E-state index contributed by atoms with van der Waals surface area (Å²) in [7, 11) is 1.54. The molecule has 0 unspecified atom stereocenters. The molecule has 3 rings (SSSR count). The number of methoxy groups -OCH3 is 1. The molecule has 1 aliphatic rings. The van der Waals surface area contributed by atoms with Gasteiger partial charge in [0.25, 0.3) is 5.91 Å². The van der Waals surface area contributed by atoms with E-state index in [4.69, 9.17) is 21.1 Å². The average molecular weight is 387 g/mol. The first-order chi connectivity index (χ1) is 13.0. The van der Waals surface area contributed by atoms with Crippen molar-refractivity contribution in [1.82, 2.24) is 10.2 Å². The highest BCUT2D eigenvalue weighted by Gasteiger charge is 2.31. The lowest BCUT2D eigenvalue weighted by Crippen LogP contribution is -2.30. The number of hydrogen-bond donors (Lipinski definition) is 1. The van der Waals surface area contributed by atoms with Gasteiger partial charge in [0.2, 0.25) is 0 Å². The van der Waals surface area contributed by atoms with Crippen LogP contribution in [0.15, 0.2) is 48.2 Å². The zero-order chi connectivity index (χ0) is 19.4. The SMILES string of the molecule is CCN1C(=O)N/C(=C/c2ccc(OCc3ccc(Cl)cc3)c(OC)c2)C1=O. The first kappa shape index (κ1) is 18.8. The Labute approximate surface area is 162 Å². The topological polar surface area (TPSA) is 67.9 Å². The third-order valence-corrected chi connectivity index (χ3v) is 4.34. The lowest BCUT2D eigenvalue weighted by molar-refractivity contribution is -0.122. The summed E-state index contributed by atoms with van der Waals surface area (Å²) < 4.78 is 11.2. The molecule has 0 bridgehead atoms. The van der Waals surface area contributed by atoms with Crippen LogP contribution in [0.3, 0.4) is 0 Å². The molecule has 0 aliphatic carbocycles. The third kappa shape index (κ3) is 4.23. The molecule has 3 amide bonds. The molecule has 1 heterocycles. The fourth-order valence-electron chi connectivity index (χ4n) is 2.66. The molecule has 6 nitrogen and oxygen atoms in total. The molecule has 7 heteroatoms. The van der Waals surface area contributed by atoms with E-state index in [1.165, 1.54) is 0 Å². The smallest absolute Gasteiger partial charge is 0.328 e. The second kappa shape index (κ2) is 8.14. The van der Waals surface area contributed by atoms with Gasteiger partial charge in [0.15, 0.2) is 11.5 Å². The van der Waals surface area contributed by atoms with Crippen LogP contribution in [0.1, 0.15) is 18.1 Å².